The lowest BCUT2D eigenvalue weighted by Crippen LogP contribution is -2.43. The molecule has 0 spiro atoms. The Morgan fingerprint density at radius 3 is 2.88 bits per heavy atom. The van der Waals surface area contributed by atoms with Gasteiger partial charge in [0, 0.05) is 6.04 Å². The molecule has 1 aliphatic heterocycles. The Morgan fingerprint density at radius 2 is 2.29 bits per heavy atom. The minimum absolute atomic E-state index is 0.0306. The van der Waals surface area contributed by atoms with Crippen LogP contribution in [-0.4, -0.2) is 18.5 Å². The van der Waals surface area contributed by atoms with Crippen molar-refractivity contribution in [3.63, 3.8) is 0 Å². The molecule has 1 amide bonds. The van der Waals surface area contributed by atoms with Gasteiger partial charge in [-0.05, 0) is 37.1 Å². The molecule has 1 aromatic carbocycles. The first-order chi connectivity index (χ1) is 8.18. The average molecular weight is 236 g/mol. The lowest BCUT2D eigenvalue weighted by atomic mass is 9.86. The largest absolute Gasteiger partial charge is 0.369 e. The Hall–Kier alpha value is -1.42. The topological polar surface area (TPSA) is 55.1 Å². The summed E-state index contributed by atoms with van der Waals surface area (Å²) in [6, 6.07) is 6.17. The Morgan fingerprint density at radius 1 is 1.47 bits per heavy atom. The molecule has 2 rings (SSSR count). The van der Waals surface area contributed by atoms with Gasteiger partial charge in [0.2, 0.25) is 5.91 Å². The fourth-order valence-electron chi connectivity index (χ4n) is 2.46. The summed E-state index contributed by atoms with van der Waals surface area (Å²) in [5.74, 6) is -1.16. The number of carbonyl (C=O) groups excluding carboxylic acids is 1. The number of carbonyl (C=O) groups is 1. The summed E-state index contributed by atoms with van der Waals surface area (Å²) >= 11 is 0. The van der Waals surface area contributed by atoms with Crippen LogP contribution in [-0.2, 0) is 4.79 Å². The van der Waals surface area contributed by atoms with Crippen molar-refractivity contribution in [1.29, 1.82) is 0 Å². The zero-order valence-corrected chi connectivity index (χ0v) is 9.66. The van der Waals surface area contributed by atoms with Gasteiger partial charge in [-0.3, -0.25) is 4.79 Å². The van der Waals surface area contributed by atoms with Gasteiger partial charge in [0.15, 0.2) is 0 Å². The Labute approximate surface area is 100 Å². The number of primary amides is 1. The van der Waals surface area contributed by atoms with Crippen LogP contribution in [0.3, 0.4) is 0 Å². The van der Waals surface area contributed by atoms with Crippen molar-refractivity contribution in [2.45, 2.75) is 31.2 Å². The van der Waals surface area contributed by atoms with Gasteiger partial charge in [-0.2, -0.15) is 0 Å². The number of hydrogen-bond acceptors (Lipinski definition) is 2. The molecule has 2 atom stereocenters. The minimum atomic E-state index is -0.439. The summed E-state index contributed by atoms with van der Waals surface area (Å²) in [6.45, 7) is 0.893. The van der Waals surface area contributed by atoms with Gasteiger partial charge < -0.3 is 11.1 Å². The van der Waals surface area contributed by atoms with Crippen molar-refractivity contribution in [3.05, 3.63) is 35.6 Å². The van der Waals surface area contributed by atoms with Gasteiger partial charge in [0.25, 0.3) is 0 Å². The van der Waals surface area contributed by atoms with Gasteiger partial charge in [-0.25, -0.2) is 4.39 Å². The molecule has 1 aromatic rings. The van der Waals surface area contributed by atoms with Gasteiger partial charge in [0.1, 0.15) is 5.82 Å². The molecule has 0 aliphatic carbocycles. The average Bonchev–Trinajstić information content (AvgIpc) is 2.30. The lowest BCUT2D eigenvalue weighted by Gasteiger charge is -2.29. The summed E-state index contributed by atoms with van der Waals surface area (Å²) in [7, 11) is 0. The van der Waals surface area contributed by atoms with E-state index in [-0.39, 0.29) is 11.9 Å². The first-order valence-electron chi connectivity index (χ1n) is 5.96. The molecule has 3 nitrogen and oxygen atoms in total. The number of benzene rings is 1. The van der Waals surface area contributed by atoms with Crippen molar-refractivity contribution in [2.24, 2.45) is 5.73 Å². The minimum Gasteiger partial charge on any atom is -0.369 e. The third-order valence-electron chi connectivity index (χ3n) is 3.27. The number of nitrogens with two attached hydrogens (primary N) is 1. The van der Waals surface area contributed by atoms with Crippen molar-refractivity contribution < 1.29 is 9.18 Å². The number of piperidine rings is 1. The van der Waals surface area contributed by atoms with E-state index in [2.05, 4.69) is 5.32 Å². The van der Waals surface area contributed by atoms with E-state index in [4.69, 9.17) is 5.73 Å². The van der Waals surface area contributed by atoms with E-state index in [1.807, 2.05) is 0 Å². The highest BCUT2D eigenvalue weighted by atomic mass is 19.1. The fraction of sp³-hybridized carbons (Fsp3) is 0.462. The fourth-order valence-corrected chi connectivity index (χ4v) is 2.46. The summed E-state index contributed by atoms with van der Waals surface area (Å²) < 4.78 is 13.2. The SMILES string of the molecule is NC(=O)[C@H](c1cccc(F)c1)[C@@H]1CCCCN1. The molecule has 0 radical (unpaired) electrons. The molecule has 1 heterocycles. The van der Waals surface area contributed by atoms with Crippen LogP contribution in [0.25, 0.3) is 0 Å². The van der Waals surface area contributed by atoms with Crippen LogP contribution < -0.4 is 11.1 Å². The summed E-state index contributed by atoms with van der Waals surface area (Å²) in [6.07, 6.45) is 3.10. The molecule has 0 bridgehead atoms. The highest BCUT2D eigenvalue weighted by Gasteiger charge is 2.29. The summed E-state index contributed by atoms with van der Waals surface area (Å²) in [4.78, 5) is 11.6. The van der Waals surface area contributed by atoms with Crippen molar-refractivity contribution in [2.75, 3.05) is 6.54 Å². The van der Waals surface area contributed by atoms with E-state index < -0.39 is 11.8 Å². The first-order valence-corrected chi connectivity index (χ1v) is 5.96. The molecule has 1 saturated heterocycles. The predicted octanol–water partition coefficient (Wildman–Crippen LogP) is 1.54. The van der Waals surface area contributed by atoms with Gasteiger partial charge in [-0.1, -0.05) is 18.6 Å². The number of nitrogens with one attached hydrogen (secondary N) is 1. The molecule has 1 fully saturated rings. The second-order valence-corrected chi connectivity index (χ2v) is 4.49. The zero-order valence-electron chi connectivity index (χ0n) is 9.66. The molecule has 17 heavy (non-hydrogen) atoms. The van der Waals surface area contributed by atoms with Crippen LogP contribution in [0.15, 0.2) is 24.3 Å². The Balaban J connectivity index is 2.25. The normalized spacial score (nSPS) is 22.1. The van der Waals surface area contributed by atoms with Gasteiger partial charge in [0.05, 0.1) is 5.92 Å². The molecule has 4 heteroatoms. The second kappa shape index (κ2) is 5.27. The molecule has 0 unspecified atom stereocenters. The monoisotopic (exact) mass is 236 g/mol. The maximum Gasteiger partial charge on any atom is 0.226 e. The smallest absolute Gasteiger partial charge is 0.226 e. The van der Waals surface area contributed by atoms with Crippen LogP contribution in [0.5, 0.6) is 0 Å². The number of hydrogen-bond donors (Lipinski definition) is 2. The highest BCUT2D eigenvalue weighted by molar-refractivity contribution is 5.82. The van der Waals surface area contributed by atoms with Crippen molar-refractivity contribution >= 4 is 5.91 Å². The molecule has 3 N–H and O–H groups in total. The van der Waals surface area contributed by atoms with Crippen LogP contribution in [0, 0.1) is 5.82 Å². The van der Waals surface area contributed by atoms with Crippen LogP contribution in [0.2, 0.25) is 0 Å². The zero-order chi connectivity index (χ0) is 12.3. The molecule has 0 saturated carbocycles. The van der Waals surface area contributed by atoms with E-state index >= 15 is 0 Å². The maximum atomic E-state index is 13.2. The highest BCUT2D eigenvalue weighted by Crippen LogP contribution is 2.25. The summed E-state index contributed by atoms with van der Waals surface area (Å²) in [5.41, 5.74) is 6.11. The predicted molar refractivity (Wildman–Crippen MR) is 64.0 cm³/mol. The summed E-state index contributed by atoms with van der Waals surface area (Å²) in [5, 5.41) is 3.30. The van der Waals surface area contributed by atoms with Crippen molar-refractivity contribution in [3.8, 4) is 0 Å². The van der Waals surface area contributed by atoms with E-state index in [0.717, 1.165) is 25.8 Å². The Bertz CT molecular complexity index is 402. The first kappa shape index (κ1) is 12.0. The standard InChI is InChI=1S/C13H17FN2O/c14-10-5-3-4-9(8-10)12(13(15)17)11-6-1-2-7-16-11/h3-5,8,11-12,16H,1-2,6-7H2,(H2,15,17)/t11-,12+/m0/s1. The third-order valence-corrected chi connectivity index (χ3v) is 3.27. The van der Waals surface area contributed by atoms with Crippen LogP contribution in [0.4, 0.5) is 4.39 Å². The molecule has 92 valence electrons. The van der Waals surface area contributed by atoms with E-state index in [9.17, 15) is 9.18 Å². The van der Waals surface area contributed by atoms with E-state index in [1.54, 1.807) is 12.1 Å². The molecule has 1 aliphatic rings. The van der Waals surface area contributed by atoms with Crippen molar-refractivity contribution in [1.82, 2.24) is 5.32 Å². The number of halogens is 1. The van der Waals surface area contributed by atoms with E-state index in [1.165, 1.54) is 12.1 Å². The maximum absolute atomic E-state index is 13.2. The molecular formula is C13H17FN2O. The Kier molecular flexibility index (Phi) is 3.74. The van der Waals surface area contributed by atoms with E-state index in [0.29, 0.717) is 5.56 Å². The third kappa shape index (κ3) is 2.82. The molecular weight excluding hydrogens is 219 g/mol. The number of amides is 1. The number of rotatable bonds is 3. The second-order valence-electron chi connectivity index (χ2n) is 4.49. The van der Waals surface area contributed by atoms with Crippen LogP contribution in [0.1, 0.15) is 30.7 Å². The van der Waals surface area contributed by atoms with Gasteiger partial charge >= 0.3 is 0 Å². The molecule has 0 aromatic heterocycles. The quantitative estimate of drug-likeness (QED) is 0.836. The van der Waals surface area contributed by atoms with Gasteiger partial charge in [-0.15, -0.1) is 0 Å². The van der Waals surface area contributed by atoms with Crippen LogP contribution >= 0.6 is 0 Å². The lowest BCUT2D eigenvalue weighted by molar-refractivity contribution is -0.120.